The van der Waals surface area contributed by atoms with E-state index in [1.807, 2.05) is 32.0 Å². The molecule has 0 fully saturated rings. The second-order valence-electron chi connectivity index (χ2n) is 5.99. The van der Waals surface area contributed by atoms with Crippen LogP contribution in [0.3, 0.4) is 0 Å². The number of nitrogens with zero attached hydrogens (tertiary/aromatic N) is 2. The molecule has 6 heteroatoms. The lowest BCUT2D eigenvalue weighted by Gasteiger charge is -2.10. The van der Waals surface area contributed by atoms with Crippen LogP contribution in [-0.4, -0.2) is 16.1 Å². The number of nitrogens with one attached hydrogen (secondary N) is 2. The lowest BCUT2D eigenvalue weighted by atomic mass is 10.1. The largest absolute Gasteiger partial charge is 0.339 e. The fourth-order valence-corrected chi connectivity index (χ4v) is 2.49. The Kier molecular flexibility index (Phi) is 5.22. The highest BCUT2D eigenvalue weighted by molar-refractivity contribution is 5.91. The summed E-state index contributed by atoms with van der Waals surface area (Å²) < 4.78 is 13.6. The SMILES string of the molecule is Cc1cccc(Nc2ccc(NC(=O)Cc3ccccc3F)nn2)c1C. The van der Waals surface area contributed by atoms with Crippen LogP contribution in [-0.2, 0) is 11.2 Å². The maximum absolute atomic E-state index is 13.6. The van der Waals surface area contributed by atoms with E-state index in [4.69, 9.17) is 0 Å². The number of hydrogen-bond acceptors (Lipinski definition) is 4. The van der Waals surface area contributed by atoms with Crippen molar-refractivity contribution in [2.24, 2.45) is 0 Å². The number of hydrogen-bond donors (Lipinski definition) is 2. The number of halogens is 1. The molecule has 2 N–H and O–H groups in total. The average Bonchev–Trinajstić information content (AvgIpc) is 2.62. The first-order valence-electron chi connectivity index (χ1n) is 8.23. The van der Waals surface area contributed by atoms with Crippen molar-refractivity contribution < 1.29 is 9.18 Å². The minimum Gasteiger partial charge on any atom is -0.339 e. The first-order chi connectivity index (χ1) is 12.5. The van der Waals surface area contributed by atoms with Gasteiger partial charge in [0.15, 0.2) is 11.6 Å². The molecule has 1 aromatic heterocycles. The minimum absolute atomic E-state index is 0.0587. The molecule has 132 valence electrons. The first-order valence-corrected chi connectivity index (χ1v) is 8.23. The molecule has 0 saturated heterocycles. The number of carbonyl (C=O) groups excluding carboxylic acids is 1. The summed E-state index contributed by atoms with van der Waals surface area (Å²) in [6.07, 6.45) is -0.0587. The van der Waals surface area contributed by atoms with Crippen molar-refractivity contribution in [3.63, 3.8) is 0 Å². The Morgan fingerprint density at radius 2 is 1.69 bits per heavy atom. The molecular weight excluding hydrogens is 331 g/mol. The van der Waals surface area contributed by atoms with Crippen LogP contribution in [0.5, 0.6) is 0 Å². The molecule has 0 aliphatic carbocycles. The smallest absolute Gasteiger partial charge is 0.230 e. The average molecular weight is 350 g/mol. The molecule has 0 unspecified atom stereocenters. The summed E-state index contributed by atoms with van der Waals surface area (Å²) in [7, 11) is 0. The van der Waals surface area contributed by atoms with Crippen molar-refractivity contribution in [1.82, 2.24) is 10.2 Å². The quantitative estimate of drug-likeness (QED) is 0.725. The predicted octanol–water partition coefficient (Wildman–Crippen LogP) is 4.16. The van der Waals surface area contributed by atoms with Gasteiger partial charge < -0.3 is 10.6 Å². The molecule has 1 amide bonds. The zero-order chi connectivity index (χ0) is 18.5. The van der Waals surface area contributed by atoms with E-state index in [2.05, 4.69) is 20.8 Å². The summed E-state index contributed by atoms with van der Waals surface area (Å²) in [6, 6.07) is 15.5. The second kappa shape index (κ2) is 7.74. The summed E-state index contributed by atoms with van der Waals surface area (Å²) in [5, 5.41) is 13.9. The third kappa shape index (κ3) is 4.22. The Balaban J connectivity index is 1.63. The normalized spacial score (nSPS) is 10.4. The number of carbonyl (C=O) groups is 1. The zero-order valence-corrected chi connectivity index (χ0v) is 14.6. The fourth-order valence-electron chi connectivity index (χ4n) is 2.49. The maximum atomic E-state index is 13.6. The van der Waals surface area contributed by atoms with E-state index >= 15 is 0 Å². The van der Waals surface area contributed by atoms with Crippen molar-refractivity contribution in [3.8, 4) is 0 Å². The number of anilines is 3. The highest BCUT2D eigenvalue weighted by Gasteiger charge is 2.09. The number of aromatic nitrogens is 2. The summed E-state index contributed by atoms with van der Waals surface area (Å²) in [5.41, 5.74) is 3.61. The van der Waals surface area contributed by atoms with Crippen LogP contribution in [0.15, 0.2) is 54.6 Å². The molecule has 3 rings (SSSR count). The summed E-state index contributed by atoms with van der Waals surface area (Å²) in [6.45, 7) is 4.07. The highest BCUT2D eigenvalue weighted by Crippen LogP contribution is 2.21. The van der Waals surface area contributed by atoms with Gasteiger partial charge in [-0.3, -0.25) is 4.79 Å². The van der Waals surface area contributed by atoms with E-state index in [1.165, 1.54) is 11.6 Å². The zero-order valence-electron chi connectivity index (χ0n) is 14.6. The van der Waals surface area contributed by atoms with Crippen molar-refractivity contribution in [2.45, 2.75) is 20.3 Å². The molecule has 0 spiro atoms. The summed E-state index contributed by atoms with van der Waals surface area (Å²) in [4.78, 5) is 12.0. The van der Waals surface area contributed by atoms with Gasteiger partial charge in [0, 0.05) is 5.69 Å². The molecule has 0 atom stereocenters. The minimum atomic E-state index is -0.401. The van der Waals surface area contributed by atoms with Gasteiger partial charge in [0.05, 0.1) is 6.42 Å². The lowest BCUT2D eigenvalue weighted by Crippen LogP contribution is -2.16. The summed E-state index contributed by atoms with van der Waals surface area (Å²) in [5.74, 6) is 0.144. The highest BCUT2D eigenvalue weighted by atomic mass is 19.1. The number of rotatable bonds is 5. The topological polar surface area (TPSA) is 66.9 Å². The molecule has 26 heavy (non-hydrogen) atoms. The molecular formula is C20H19FN4O. The first kappa shape index (κ1) is 17.5. The monoisotopic (exact) mass is 350 g/mol. The number of benzene rings is 2. The van der Waals surface area contributed by atoms with E-state index in [1.54, 1.807) is 30.3 Å². The number of amides is 1. The Labute approximate surface area is 151 Å². The van der Waals surface area contributed by atoms with Crippen LogP contribution in [0, 0.1) is 19.7 Å². The molecule has 0 aliphatic heterocycles. The van der Waals surface area contributed by atoms with E-state index < -0.39 is 5.82 Å². The molecule has 0 aliphatic rings. The van der Waals surface area contributed by atoms with Crippen LogP contribution in [0.4, 0.5) is 21.7 Å². The van der Waals surface area contributed by atoms with E-state index in [0.717, 1.165) is 11.3 Å². The van der Waals surface area contributed by atoms with Crippen molar-refractivity contribution >= 4 is 23.2 Å². The van der Waals surface area contributed by atoms with E-state index in [-0.39, 0.29) is 12.3 Å². The van der Waals surface area contributed by atoms with Crippen molar-refractivity contribution in [3.05, 3.63) is 77.1 Å². The predicted molar refractivity (Wildman–Crippen MR) is 100.0 cm³/mol. The molecule has 0 radical (unpaired) electrons. The van der Waals surface area contributed by atoms with Gasteiger partial charge in [0.25, 0.3) is 0 Å². The summed E-state index contributed by atoms with van der Waals surface area (Å²) >= 11 is 0. The second-order valence-corrected chi connectivity index (χ2v) is 5.99. The Hall–Kier alpha value is -3.28. The van der Waals surface area contributed by atoms with Gasteiger partial charge in [-0.05, 0) is 54.8 Å². The van der Waals surface area contributed by atoms with Crippen LogP contribution in [0.2, 0.25) is 0 Å². The van der Waals surface area contributed by atoms with Gasteiger partial charge in [0.1, 0.15) is 5.82 Å². The van der Waals surface area contributed by atoms with Gasteiger partial charge >= 0.3 is 0 Å². The Morgan fingerprint density at radius 3 is 2.42 bits per heavy atom. The van der Waals surface area contributed by atoms with Crippen LogP contribution < -0.4 is 10.6 Å². The molecule has 3 aromatic rings. The number of aryl methyl sites for hydroxylation is 1. The standard InChI is InChI=1S/C20H19FN4O/c1-13-6-5-9-17(14(13)2)22-18-10-11-19(25-24-18)23-20(26)12-15-7-3-4-8-16(15)21/h3-11H,12H2,1-2H3,(H,22,24)(H,23,25,26). The van der Waals surface area contributed by atoms with Crippen LogP contribution in [0.25, 0.3) is 0 Å². The third-order valence-corrected chi connectivity index (χ3v) is 4.11. The van der Waals surface area contributed by atoms with Crippen LogP contribution in [0.1, 0.15) is 16.7 Å². The van der Waals surface area contributed by atoms with Gasteiger partial charge in [-0.25, -0.2) is 4.39 Å². The lowest BCUT2D eigenvalue weighted by molar-refractivity contribution is -0.115. The Morgan fingerprint density at radius 1 is 0.962 bits per heavy atom. The van der Waals surface area contributed by atoms with Crippen LogP contribution >= 0.6 is 0 Å². The van der Waals surface area contributed by atoms with Gasteiger partial charge in [-0.1, -0.05) is 30.3 Å². The van der Waals surface area contributed by atoms with Gasteiger partial charge in [-0.2, -0.15) is 0 Å². The van der Waals surface area contributed by atoms with E-state index in [9.17, 15) is 9.18 Å². The molecule has 1 heterocycles. The van der Waals surface area contributed by atoms with Gasteiger partial charge in [0.2, 0.25) is 5.91 Å². The fraction of sp³-hybridized carbons (Fsp3) is 0.150. The molecule has 5 nitrogen and oxygen atoms in total. The van der Waals surface area contributed by atoms with Crippen molar-refractivity contribution in [2.75, 3.05) is 10.6 Å². The third-order valence-electron chi connectivity index (χ3n) is 4.11. The maximum Gasteiger partial charge on any atom is 0.230 e. The molecule has 0 bridgehead atoms. The molecule has 0 saturated carbocycles. The van der Waals surface area contributed by atoms with Gasteiger partial charge in [-0.15, -0.1) is 10.2 Å². The molecule has 2 aromatic carbocycles. The van der Waals surface area contributed by atoms with E-state index in [0.29, 0.717) is 17.2 Å². The Bertz CT molecular complexity index is 925. The van der Waals surface area contributed by atoms with Crippen molar-refractivity contribution in [1.29, 1.82) is 0 Å².